The van der Waals surface area contributed by atoms with E-state index in [2.05, 4.69) is 4.98 Å². The first-order valence-corrected chi connectivity index (χ1v) is 10.8. The number of anilines is 1. The maximum atomic E-state index is 13.7. The number of aliphatic hydroxyl groups excluding tert-OH is 1. The third-order valence-corrected chi connectivity index (χ3v) is 6.21. The second kappa shape index (κ2) is 8.35. The normalized spacial score (nSPS) is 15.9. The molecule has 2 aromatic heterocycles. The molecule has 1 atom stereocenters. The molecule has 3 heterocycles. The summed E-state index contributed by atoms with van der Waals surface area (Å²) in [7, 11) is 1.50. The van der Waals surface area contributed by atoms with Gasteiger partial charge in [0, 0.05) is 22.3 Å². The van der Waals surface area contributed by atoms with Crippen LogP contribution in [0, 0.1) is 6.92 Å². The Morgan fingerprint density at radius 2 is 1.97 bits per heavy atom. The van der Waals surface area contributed by atoms with Gasteiger partial charge in [-0.1, -0.05) is 35.9 Å². The summed E-state index contributed by atoms with van der Waals surface area (Å²) in [6.45, 7) is 1.84. The Hall–Kier alpha value is -4.10. The van der Waals surface area contributed by atoms with Gasteiger partial charge < -0.3 is 14.3 Å². The summed E-state index contributed by atoms with van der Waals surface area (Å²) in [5, 5.41) is 12.0. The lowest BCUT2D eigenvalue weighted by atomic mass is 9.98. The van der Waals surface area contributed by atoms with Crippen LogP contribution in [-0.4, -0.2) is 28.9 Å². The fourth-order valence-electron chi connectivity index (χ4n) is 4.09. The number of carbonyl (C=O) groups excluding carboxylic acids is 2. The molecule has 0 saturated carbocycles. The Bertz CT molecular complexity index is 1480. The van der Waals surface area contributed by atoms with Gasteiger partial charge in [-0.25, -0.2) is 0 Å². The highest BCUT2D eigenvalue weighted by Crippen LogP contribution is 2.42. The van der Waals surface area contributed by atoms with E-state index < -0.39 is 23.5 Å². The summed E-state index contributed by atoms with van der Waals surface area (Å²) in [4.78, 5) is 32.6. The van der Waals surface area contributed by atoms with Crippen molar-refractivity contribution in [3.05, 3.63) is 100 Å². The number of benzene rings is 2. The van der Waals surface area contributed by atoms with Gasteiger partial charge in [0.05, 0.1) is 18.4 Å². The average molecular weight is 475 g/mol. The molecule has 170 valence electrons. The van der Waals surface area contributed by atoms with E-state index in [1.165, 1.54) is 12.0 Å². The molecule has 2 aromatic carbocycles. The minimum Gasteiger partial charge on any atom is -0.503 e. The van der Waals surface area contributed by atoms with Gasteiger partial charge in [0.25, 0.3) is 5.91 Å². The van der Waals surface area contributed by atoms with Crippen LogP contribution >= 0.6 is 11.6 Å². The van der Waals surface area contributed by atoms with Crippen LogP contribution in [0.25, 0.3) is 11.0 Å². The third kappa shape index (κ3) is 3.41. The van der Waals surface area contributed by atoms with Crippen LogP contribution in [0.2, 0.25) is 5.02 Å². The van der Waals surface area contributed by atoms with Gasteiger partial charge in [-0.15, -0.1) is 0 Å². The minimum absolute atomic E-state index is 0.0291. The van der Waals surface area contributed by atoms with Crippen LogP contribution in [0.3, 0.4) is 0 Å². The summed E-state index contributed by atoms with van der Waals surface area (Å²) >= 11 is 6.32. The second-order valence-electron chi connectivity index (χ2n) is 7.85. The van der Waals surface area contributed by atoms with Gasteiger partial charge in [0.1, 0.15) is 6.04 Å². The first kappa shape index (κ1) is 21.7. The Kier molecular flexibility index (Phi) is 5.34. The van der Waals surface area contributed by atoms with Crippen molar-refractivity contribution in [1.82, 2.24) is 4.98 Å². The van der Waals surface area contributed by atoms with E-state index in [9.17, 15) is 14.7 Å². The number of hydrogen-bond donors (Lipinski definition) is 1. The molecule has 0 aliphatic carbocycles. The second-order valence-corrected chi connectivity index (χ2v) is 8.25. The van der Waals surface area contributed by atoms with E-state index in [1.54, 1.807) is 66.9 Å². The van der Waals surface area contributed by atoms with Crippen molar-refractivity contribution in [3.8, 4) is 5.75 Å². The molecule has 0 saturated heterocycles. The first-order chi connectivity index (χ1) is 16.4. The molecule has 4 aromatic rings. The van der Waals surface area contributed by atoms with Crippen LogP contribution in [0.4, 0.5) is 5.69 Å². The molecule has 1 aliphatic rings. The number of aromatic nitrogens is 1. The zero-order valence-electron chi connectivity index (χ0n) is 18.3. The number of hydrogen-bond acceptors (Lipinski definition) is 6. The lowest BCUT2D eigenvalue weighted by molar-refractivity contribution is -0.117. The number of halogens is 1. The molecule has 1 amide bonds. The molecule has 1 aliphatic heterocycles. The van der Waals surface area contributed by atoms with Crippen molar-refractivity contribution in [3.63, 3.8) is 0 Å². The van der Waals surface area contributed by atoms with E-state index in [4.69, 9.17) is 20.8 Å². The Morgan fingerprint density at radius 3 is 2.68 bits per heavy atom. The van der Waals surface area contributed by atoms with E-state index in [0.29, 0.717) is 33.1 Å². The van der Waals surface area contributed by atoms with E-state index >= 15 is 0 Å². The number of ether oxygens (including phenoxy) is 1. The van der Waals surface area contributed by atoms with Gasteiger partial charge in [-0.05, 0) is 48.9 Å². The number of nitrogens with zero attached hydrogens (tertiary/aromatic N) is 2. The van der Waals surface area contributed by atoms with Gasteiger partial charge in [-0.2, -0.15) is 0 Å². The van der Waals surface area contributed by atoms with E-state index in [0.717, 1.165) is 5.56 Å². The third-order valence-electron chi connectivity index (χ3n) is 5.81. The number of rotatable bonds is 5. The quantitative estimate of drug-likeness (QED) is 0.379. The molecule has 34 heavy (non-hydrogen) atoms. The summed E-state index contributed by atoms with van der Waals surface area (Å²) in [5.41, 5.74) is 1.94. The number of aliphatic hydroxyl groups is 1. The standard InChI is InChI=1S/C26H19ClN2O5/c1-14-9-10-16(13-17(14)27)29-22(18-7-3-4-11-28-18)21(24(31)26(29)32)23(30)20-12-15-6-5-8-19(33-2)25(15)34-20/h3-13,22,31H,1-2H3. The topological polar surface area (TPSA) is 92.9 Å². The Morgan fingerprint density at radius 1 is 1.15 bits per heavy atom. The predicted octanol–water partition coefficient (Wildman–Crippen LogP) is 5.58. The fraction of sp³-hybridized carbons (Fsp3) is 0.115. The molecule has 0 spiro atoms. The highest BCUT2D eigenvalue weighted by atomic mass is 35.5. The summed E-state index contributed by atoms with van der Waals surface area (Å²) in [5.74, 6) is -1.58. The lowest BCUT2D eigenvalue weighted by Gasteiger charge is -2.26. The van der Waals surface area contributed by atoms with E-state index in [1.807, 2.05) is 6.92 Å². The zero-order valence-corrected chi connectivity index (χ0v) is 19.0. The largest absolute Gasteiger partial charge is 0.503 e. The number of Topliss-reactive ketones (excluding diaryl/α,β-unsaturated/α-hetero) is 1. The van der Waals surface area contributed by atoms with Gasteiger partial charge in [0.2, 0.25) is 5.78 Å². The van der Waals surface area contributed by atoms with Gasteiger partial charge in [0.15, 0.2) is 22.9 Å². The number of amides is 1. The molecule has 0 radical (unpaired) electrons. The van der Waals surface area contributed by atoms with Crippen molar-refractivity contribution < 1.29 is 23.8 Å². The lowest BCUT2D eigenvalue weighted by Crippen LogP contribution is -2.31. The smallest absolute Gasteiger partial charge is 0.294 e. The maximum absolute atomic E-state index is 13.7. The highest BCUT2D eigenvalue weighted by molar-refractivity contribution is 6.31. The van der Waals surface area contributed by atoms with Gasteiger partial charge in [-0.3, -0.25) is 19.5 Å². The molecule has 0 bridgehead atoms. The predicted molar refractivity (Wildman–Crippen MR) is 127 cm³/mol. The molecule has 8 heteroatoms. The number of methoxy groups -OCH3 is 1. The molecule has 5 rings (SSSR count). The van der Waals surface area contributed by atoms with Crippen LogP contribution in [0.5, 0.6) is 5.75 Å². The molecular formula is C26H19ClN2O5. The highest BCUT2D eigenvalue weighted by Gasteiger charge is 2.46. The molecule has 7 nitrogen and oxygen atoms in total. The number of carbonyl (C=O) groups is 2. The van der Waals surface area contributed by atoms with Crippen molar-refractivity contribution in [2.24, 2.45) is 0 Å². The maximum Gasteiger partial charge on any atom is 0.294 e. The summed E-state index contributed by atoms with van der Waals surface area (Å²) < 4.78 is 11.1. The Labute approximate surface area is 199 Å². The van der Waals surface area contributed by atoms with Crippen LogP contribution in [-0.2, 0) is 4.79 Å². The number of aryl methyl sites for hydroxylation is 1. The summed E-state index contributed by atoms with van der Waals surface area (Å²) in [6.07, 6.45) is 1.56. The number of pyridine rings is 1. The van der Waals surface area contributed by atoms with Crippen LogP contribution in [0.1, 0.15) is 27.9 Å². The van der Waals surface area contributed by atoms with Gasteiger partial charge >= 0.3 is 0 Å². The number of ketones is 1. The zero-order chi connectivity index (χ0) is 24.0. The fourth-order valence-corrected chi connectivity index (χ4v) is 4.27. The number of furan rings is 1. The van der Waals surface area contributed by atoms with E-state index in [-0.39, 0.29) is 11.3 Å². The van der Waals surface area contributed by atoms with Crippen LogP contribution < -0.4 is 9.64 Å². The molecule has 1 N–H and O–H groups in total. The molecule has 1 unspecified atom stereocenters. The first-order valence-electron chi connectivity index (χ1n) is 10.5. The van der Waals surface area contributed by atoms with Crippen molar-refractivity contribution >= 4 is 39.9 Å². The van der Waals surface area contributed by atoms with Crippen molar-refractivity contribution in [1.29, 1.82) is 0 Å². The number of fused-ring (bicyclic) bond motifs is 1. The minimum atomic E-state index is -0.977. The average Bonchev–Trinajstić information content (AvgIpc) is 3.40. The van der Waals surface area contributed by atoms with Crippen molar-refractivity contribution in [2.75, 3.05) is 12.0 Å². The van der Waals surface area contributed by atoms with Crippen LogP contribution in [0.15, 0.2) is 82.6 Å². The summed E-state index contributed by atoms with van der Waals surface area (Å²) in [6, 6.07) is 16.1. The monoisotopic (exact) mass is 474 g/mol. The Balaban J connectivity index is 1.66. The molecular weight excluding hydrogens is 456 g/mol. The molecule has 0 fully saturated rings. The van der Waals surface area contributed by atoms with Crippen molar-refractivity contribution in [2.45, 2.75) is 13.0 Å². The number of para-hydroxylation sites is 1. The SMILES string of the molecule is COc1cccc2cc(C(=O)C3=C(O)C(=O)N(c4ccc(C)c(Cl)c4)C3c3ccccn3)oc12.